The smallest absolute Gasteiger partial charge is 0.0800 e. The van der Waals surface area contributed by atoms with Gasteiger partial charge in [-0.25, -0.2) is 0 Å². The van der Waals surface area contributed by atoms with Crippen molar-refractivity contribution in [2.75, 3.05) is 0 Å². The van der Waals surface area contributed by atoms with E-state index in [9.17, 15) is 5.11 Å². The van der Waals surface area contributed by atoms with Crippen LogP contribution in [0.15, 0.2) is 22.7 Å². The van der Waals surface area contributed by atoms with Gasteiger partial charge in [0, 0.05) is 8.04 Å². The maximum absolute atomic E-state index is 10.1. The highest BCUT2D eigenvalue weighted by molar-refractivity contribution is 14.1. The molecular formula is C13H18BrIO. The first-order chi connectivity index (χ1) is 7.65. The van der Waals surface area contributed by atoms with Gasteiger partial charge in [-0.1, -0.05) is 48.5 Å². The van der Waals surface area contributed by atoms with Crippen LogP contribution >= 0.6 is 38.5 Å². The molecule has 0 aliphatic rings. The average Bonchev–Trinajstić information content (AvgIpc) is 2.27. The number of hydrogen-bond donors (Lipinski definition) is 1. The number of halogens is 2. The number of rotatable bonds is 6. The Hall–Kier alpha value is 0.390. The van der Waals surface area contributed by atoms with Crippen LogP contribution in [0, 0.1) is 3.57 Å². The van der Waals surface area contributed by atoms with Crippen LogP contribution in [0.5, 0.6) is 0 Å². The first-order valence-corrected chi connectivity index (χ1v) is 7.65. The molecule has 0 radical (unpaired) electrons. The fourth-order valence-electron chi connectivity index (χ4n) is 1.69. The molecule has 1 aromatic rings. The molecule has 0 heterocycles. The van der Waals surface area contributed by atoms with Crippen molar-refractivity contribution in [3.63, 3.8) is 0 Å². The predicted molar refractivity (Wildman–Crippen MR) is 80.6 cm³/mol. The molecular weight excluding hydrogens is 379 g/mol. The number of hydrogen-bond acceptors (Lipinski definition) is 1. The van der Waals surface area contributed by atoms with E-state index in [0.717, 1.165) is 26.4 Å². The molecule has 1 atom stereocenters. The van der Waals surface area contributed by atoms with Gasteiger partial charge in [0.15, 0.2) is 0 Å². The molecule has 0 saturated heterocycles. The zero-order chi connectivity index (χ0) is 12.0. The Kier molecular flexibility index (Phi) is 6.92. The van der Waals surface area contributed by atoms with Crippen LogP contribution in [0.4, 0.5) is 0 Å². The van der Waals surface area contributed by atoms with E-state index in [1.807, 2.05) is 18.2 Å². The molecule has 1 nitrogen and oxygen atoms in total. The minimum atomic E-state index is -0.318. The van der Waals surface area contributed by atoms with Crippen molar-refractivity contribution in [1.29, 1.82) is 0 Å². The van der Waals surface area contributed by atoms with E-state index in [0.29, 0.717) is 0 Å². The minimum Gasteiger partial charge on any atom is -0.388 e. The summed E-state index contributed by atoms with van der Waals surface area (Å²) in [6.45, 7) is 2.20. The van der Waals surface area contributed by atoms with Crippen LogP contribution < -0.4 is 0 Å². The van der Waals surface area contributed by atoms with Gasteiger partial charge in [-0.2, -0.15) is 0 Å². The third-order valence-corrected chi connectivity index (χ3v) is 4.12. The minimum absolute atomic E-state index is 0.318. The molecule has 1 rings (SSSR count). The molecule has 0 saturated carbocycles. The van der Waals surface area contributed by atoms with Crippen molar-refractivity contribution >= 4 is 38.5 Å². The van der Waals surface area contributed by atoms with Gasteiger partial charge >= 0.3 is 0 Å². The summed E-state index contributed by atoms with van der Waals surface area (Å²) in [6.07, 6.45) is 5.39. The molecule has 0 fully saturated rings. The lowest BCUT2D eigenvalue weighted by Crippen LogP contribution is -2.00. The van der Waals surface area contributed by atoms with Gasteiger partial charge in [-0.05, 0) is 52.8 Å². The van der Waals surface area contributed by atoms with Crippen molar-refractivity contribution in [1.82, 2.24) is 0 Å². The van der Waals surface area contributed by atoms with Gasteiger partial charge in [0.25, 0.3) is 0 Å². The Bertz CT molecular complexity index is 328. The predicted octanol–water partition coefficient (Wildman–Crippen LogP) is 5.06. The second-order valence-electron chi connectivity index (χ2n) is 4.03. The molecule has 90 valence electrons. The third-order valence-electron chi connectivity index (χ3n) is 2.65. The molecule has 0 bridgehead atoms. The van der Waals surface area contributed by atoms with Crippen LogP contribution in [-0.2, 0) is 0 Å². The summed E-state index contributed by atoms with van der Waals surface area (Å²) in [7, 11) is 0. The number of unbranched alkanes of at least 4 members (excludes halogenated alkanes) is 3. The Labute approximate surface area is 120 Å². The molecule has 0 amide bonds. The fraction of sp³-hybridized carbons (Fsp3) is 0.538. The topological polar surface area (TPSA) is 20.2 Å². The van der Waals surface area contributed by atoms with Crippen LogP contribution in [0.2, 0.25) is 0 Å². The summed E-state index contributed by atoms with van der Waals surface area (Å²) in [5, 5.41) is 10.1. The average molecular weight is 397 g/mol. The molecule has 3 heteroatoms. The molecule has 1 aromatic carbocycles. The molecule has 0 aromatic heterocycles. The van der Waals surface area contributed by atoms with E-state index >= 15 is 0 Å². The van der Waals surface area contributed by atoms with Gasteiger partial charge < -0.3 is 5.11 Å². The lowest BCUT2D eigenvalue weighted by Gasteiger charge is -2.13. The van der Waals surface area contributed by atoms with Crippen LogP contribution in [0.3, 0.4) is 0 Å². The summed E-state index contributed by atoms with van der Waals surface area (Å²) in [5.74, 6) is 0. The maximum Gasteiger partial charge on any atom is 0.0800 e. The largest absolute Gasteiger partial charge is 0.388 e. The molecule has 0 spiro atoms. The van der Waals surface area contributed by atoms with Gasteiger partial charge in [0.1, 0.15) is 0 Å². The fourth-order valence-corrected chi connectivity index (χ4v) is 2.76. The van der Waals surface area contributed by atoms with E-state index in [1.54, 1.807) is 0 Å². The summed E-state index contributed by atoms with van der Waals surface area (Å²) >= 11 is 5.72. The number of aliphatic hydroxyl groups is 1. The van der Waals surface area contributed by atoms with E-state index < -0.39 is 0 Å². The molecule has 1 unspecified atom stereocenters. The molecule has 1 N–H and O–H groups in total. The second-order valence-corrected chi connectivity index (χ2v) is 6.11. The zero-order valence-corrected chi connectivity index (χ0v) is 13.3. The summed E-state index contributed by atoms with van der Waals surface area (Å²) in [4.78, 5) is 0. The van der Waals surface area contributed by atoms with Crippen molar-refractivity contribution in [3.05, 3.63) is 31.8 Å². The van der Waals surface area contributed by atoms with Crippen molar-refractivity contribution in [2.45, 2.75) is 45.1 Å². The first-order valence-electron chi connectivity index (χ1n) is 5.78. The second kappa shape index (κ2) is 7.67. The Balaban J connectivity index is 2.51. The zero-order valence-electron chi connectivity index (χ0n) is 9.55. The Morgan fingerprint density at radius 3 is 2.75 bits per heavy atom. The quantitative estimate of drug-likeness (QED) is 0.526. The summed E-state index contributed by atoms with van der Waals surface area (Å²) < 4.78 is 2.18. The highest BCUT2D eigenvalue weighted by Gasteiger charge is 2.11. The van der Waals surface area contributed by atoms with Crippen LogP contribution in [0.1, 0.15) is 50.7 Å². The maximum atomic E-state index is 10.1. The first kappa shape index (κ1) is 14.5. The molecule has 0 aliphatic heterocycles. The highest BCUT2D eigenvalue weighted by Crippen LogP contribution is 2.27. The van der Waals surface area contributed by atoms with Crippen LogP contribution in [0.25, 0.3) is 0 Å². The SMILES string of the molecule is CCCCCCC(O)c1cc(Br)ccc1I. The van der Waals surface area contributed by atoms with E-state index in [1.165, 1.54) is 19.3 Å². The van der Waals surface area contributed by atoms with Crippen molar-refractivity contribution in [2.24, 2.45) is 0 Å². The van der Waals surface area contributed by atoms with E-state index in [2.05, 4.69) is 45.4 Å². The third kappa shape index (κ3) is 4.72. The van der Waals surface area contributed by atoms with Crippen molar-refractivity contribution < 1.29 is 5.11 Å². The van der Waals surface area contributed by atoms with E-state index in [4.69, 9.17) is 0 Å². The molecule has 16 heavy (non-hydrogen) atoms. The lowest BCUT2D eigenvalue weighted by atomic mass is 10.0. The summed E-state index contributed by atoms with van der Waals surface area (Å²) in [6, 6.07) is 6.07. The van der Waals surface area contributed by atoms with Gasteiger partial charge in [0.05, 0.1) is 6.10 Å². The van der Waals surface area contributed by atoms with Gasteiger partial charge in [-0.15, -0.1) is 0 Å². The summed E-state index contributed by atoms with van der Waals surface area (Å²) in [5.41, 5.74) is 1.05. The monoisotopic (exact) mass is 396 g/mol. The lowest BCUT2D eigenvalue weighted by molar-refractivity contribution is 0.162. The normalized spacial score (nSPS) is 12.8. The van der Waals surface area contributed by atoms with Gasteiger partial charge in [-0.3, -0.25) is 0 Å². The number of aliphatic hydroxyl groups excluding tert-OH is 1. The Morgan fingerprint density at radius 1 is 1.31 bits per heavy atom. The van der Waals surface area contributed by atoms with Gasteiger partial charge in [0.2, 0.25) is 0 Å². The van der Waals surface area contributed by atoms with E-state index in [-0.39, 0.29) is 6.10 Å². The molecule has 0 aliphatic carbocycles. The highest BCUT2D eigenvalue weighted by atomic mass is 127. The van der Waals surface area contributed by atoms with Crippen molar-refractivity contribution in [3.8, 4) is 0 Å². The Morgan fingerprint density at radius 2 is 2.06 bits per heavy atom. The van der Waals surface area contributed by atoms with Crippen LogP contribution in [-0.4, -0.2) is 5.11 Å². The number of benzene rings is 1. The standard InChI is InChI=1S/C13H18BrIO/c1-2-3-4-5-6-13(16)11-9-10(14)7-8-12(11)15/h7-9,13,16H,2-6H2,1H3.